The Balaban J connectivity index is 1.39. The first-order valence-electron chi connectivity index (χ1n) is 8.76. The molecule has 3 heterocycles. The molecule has 0 radical (unpaired) electrons. The van der Waals surface area contributed by atoms with E-state index in [-0.39, 0.29) is 17.8 Å². The highest BCUT2D eigenvalue weighted by Gasteiger charge is 2.45. The van der Waals surface area contributed by atoms with E-state index in [0.717, 1.165) is 25.9 Å². The number of anilines is 2. The van der Waals surface area contributed by atoms with Crippen LogP contribution in [0.15, 0.2) is 16.7 Å². The first kappa shape index (κ1) is 17.1. The Morgan fingerprint density at radius 2 is 2.08 bits per heavy atom. The van der Waals surface area contributed by atoms with Crippen molar-refractivity contribution in [1.82, 2.24) is 20.1 Å². The summed E-state index contributed by atoms with van der Waals surface area (Å²) >= 11 is 5.84. The van der Waals surface area contributed by atoms with Crippen LogP contribution in [-0.4, -0.2) is 45.1 Å². The molecule has 2 aromatic rings. The van der Waals surface area contributed by atoms with Crippen molar-refractivity contribution < 1.29 is 9.21 Å². The quantitative estimate of drug-likeness (QED) is 0.843. The number of nitrogens with two attached hydrogens (primary N) is 1. The number of nitrogens with one attached hydrogen (secondary N) is 1. The summed E-state index contributed by atoms with van der Waals surface area (Å²) in [5, 5.41) is 11.3. The topological polar surface area (TPSA) is 110 Å². The van der Waals surface area contributed by atoms with E-state index in [4.69, 9.17) is 21.8 Å². The fourth-order valence-corrected chi connectivity index (χ4v) is 3.58. The van der Waals surface area contributed by atoms with Crippen molar-refractivity contribution in [2.45, 2.75) is 38.6 Å². The van der Waals surface area contributed by atoms with E-state index in [9.17, 15) is 4.79 Å². The van der Waals surface area contributed by atoms with E-state index in [0.29, 0.717) is 21.8 Å². The molecule has 1 saturated carbocycles. The van der Waals surface area contributed by atoms with Crippen LogP contribution in [0.2, 0.25) is 5.02 Å². The lowest BCUT2D eigenvalue weighted by Gasteiger charge is -2.33. The number of likely N-dealkylation sites (tertiary alicyclic amines) is 1. The molecule has 2 fully saturated rings. The first-order valence-corrected chi connectivity index (χ1v) is 9.14. The number of nitrogens with zero attached hydrogens (tertiary/aromatic N) is 4. The van der Waals surface area contributed by atoms with Gasteiger partial charge in [0.2, 0.25) is 5.91 Å². The van der Waals surface area contributed by atoms with Gasteiger partial charge in [0, 0.05) is 19.3 Å². The monoisotopic (exact) mass is 376 g/mol. The van der Waals surface area contributed by atoms with Gasteiger partial charge < -0.3 is 20.4 Å². The molecule has 0 aromatic carbocycles. The van der Waals surface area contributed by atoms with Crippen molar-refractivity contribution >= 4 is 29.2 Å². The van der Waals surface area contributed by atoms with Crippen LogP contribution in [0.1, 0.15) is 32.6 Å². The molecule has 4 rings (SSSR count). The number of piperidine rings is 1. The first-order chi connectivity index (χ1) is 12.5. The zero-order valence-corrected chi connectivity index (χ0v) is 15.3. The molecule has 2 aromatic heterocycles. The molecule has 1 saturated heterocycles. The average Bonchev–Trinajstić information content (AvgIpc) is 3.21. The van der Waals surface area contributed by atoms with Crippen LogP contribution >= 0.6 is 11.6 Å². The van der Waals surface area contributed by atoms with E-state index >= 15 is 0 Å². The lowest BCUT2D eigenvalue weighted by Crippen LogP contribution is -2.45. The van der Waals surface area contributed by atoms with Gasteiger partial charge in [0.05, 0.1) is 10.7 Å². The fraction of sp³-hybridized carbons (Fsp3) is 0.529. The molecule has 3 N–H and O–H groups in total. The predicted molar refractivity (Wildman–Crippen MR) is 97.5 cm³/mol. The lowest BCUT2D eigenvalue weighted by atomic mass is 9.93. The Hall–Kier alpha value is -2.35. The molecule has 2 aliphatic rings. The number of carbonyl (C=O) groups excluding carboxylic acids is 1. The highest BCUT2D eigenvalue weighted by atomic mass is 35.5. The molecule has 1 amide bonds. The van der Waals surface area contributed by atoms with Gasteiger partial charge in [0.15, 0.2) is 5.69 Å². The van der Waals surface area contributed by atoms with Crippen molar-refractivity contribution in [3.8, 4) is 11.6 Å². The standard InChI is InChI=1S/C17H21ClN6O2/c1-10(15(25)24-6-4-17(2-3-17)5-7-24)21-16-23-22-14(26-16)13-12(19)8-11(18)9-20-13/h8-10H,2-7,19H2,1H3,(H,21,23)/t10-/m1/s1. The maximum absolute atomic E-state index is 12.6. The van der Waals surface area contributed by atoms with E-state index in [1.807, 2.05) is 4.90 Å². The number of aromatic nitrogens is 3. The Kier molecular flexibility index (Phi) is 4.22. The van der Waals surface area contributed by atoms with Crippen molar-refractivity contribution in [3.63, 3.8) is 0 Å². The molecule has 1 aliphatic carbocycles. The summed E-state index contributed by atoms with van der Waals surface area (Å²) in [7, 11) is 0. The Morgan fingerprint density at radius 1 is 1.35 bits per heavy atom. The lowest BCUT2D eigenvalue weighted by molar-refractivity contribution is -0.133. The second kappa shape index (κ2) is 6.42. The number of nitrogen functional groups attached to an aromatic ring is 1. The number of carbonyl (C=O) groups is 1. The zero-order valence-electron chi connectivity index (χ0n) is 14.5. The van der Waals surface area contributed by atoms with E-state index in [2.05, 4.69) is 20.5 Å². The fourth-order valence-electron chi connectivity index (χ4n) is 3.41. The normalized spacial score (nSPS) is 19.4. The van der Waals surface area contributed by atoms with Crippen molar-refractivity contribution in [2.75, 3.05) is 24.1 Å². The molecule has 138 valence electrons. The molecule has 8 nitrogen and oxygen atoms in total. The van der Waals surface area contributed by atoms with Crippen LogP contribution in [0.4, 0.5) is 11.7 Å². The third-order valence-corrected chi connectivity index (χ3v) is 5.52. The van der Waals surface area contributed by atoms with E-state index < -0.39 is 6.04 Å². The summed E-state index contributed by atoms with van der Waals surface area (Å²) in [6.45, 7) is 3.44. The molecular formula is C17H21ClN6O2. The second-order valence-electron chi connectivity index (χ2n) is 7.20. The van der Waals surface area contributed by atoms with Gasteiger partial charge in [0.1, 0.15) is 6.04 Å². The molecular weight excluding hydrogens is 356 g/mol. The number of amides is 1. The minimum absolute atomic E-state index is 0.0457. The Bertz CT molecular complexity index is 824. The van der Waals surface area contributed by atoms with Crippen LogP contribution in [0.3, 0.4) is 0 Å². The molecule has 26 heavy (non-hydrogen) atoms. The van der Waals surface area contributed by atoms with Gasteiger partial charge in [-0.1, -0.05) is 16.7 Å². The second-order valence-corrected chi connectivity index (χ2v) is 7.63. The molecule has 1 atom stereocenters. The van der Waals surface area contributed by atoms with Gasteiger partial charge in [-0.25, -0.2) is 4.98 Å². The Labute approximate surface area is 156 Å². The van der Waals surface area contributed by atoms with Crippen LogP contribution in [0.25, 0.3) is 11.6 Å². The highest BCUT2D eigenvalue weighted by Crippen LogP contribution is 2.53. The maximum Gasteiger partial charge on any atom is 0.316 e. The van der Waals surface area contributed by atoms with Gasteiger partial charge in [-0.05, 0) is 44.1 Å². The molecule has 0 bridgehead atoms. The minimum atomic E-state index is -0.452. The van der Waals surface area contributed by atoms with Crippen LogP contribution in [-0.2, 0) is 4.79 Å². The van der Waals surface area contributed by atoms with Crippen molar-refractivity contribution in [3.05, 3.63) is 17.3 Å². The van der Waals surface area contributed by atoms with Crippen LogP contribution < -0.4 is 11.1 Å². The SMILES string of the molecule is C[C@@H](Nc1nnc(-c2ncc(Cl)cc2N)o1)C(=O)N1CCC2(CC1)CC2. The van der Waals surface area contributed by atoms with Crippen molar-refractivity contribution in [2.24, 2.45) is 5.41 Å². The third-order valence-electron chi connectivity index (χ3n) is 5.31. The maximum atomic E-state index is 12.6. The molecule has 9 heteroatoms. The van der Waals surface area contributed by atoms with Crippen molar-refractivity contribution in [1.29, 1.82) is 0 Å². The summed E-state index contributed by atoms with van der Waals surface area (Å²) < 4.78 is 5.55. The summed E-state index contributed by atoms with van der Waals surface area (Å²) in [4.78, 5) is 18.7. The van der Waals surface area contributed by atoms with Gasteiger partial charge in [-0.2, -0.15) is 0 Å². The van der Waals surface area contributed by atoms with Crippen LogP contribution in [0.5, 0.6) is 0 Å². The molecule has 1 aliphatic heterocycles. The number of hydrogen-bond donors (Lipinski definition) is 2. The van der Waals surface area contributed by atoms with Crippen LogP contribution in [0, 0.1) is 5.41 Å². The summed E-state index contributed by atoms with van der Waals surface area (Å²) in [5.41, 5.74) is 7.13. The number of halogens is 1. The predicted octanol–water partition coefficient (Wildman–Crippen LogP) is 2.57. The summed E-state index contributed by atoms with van der Waals surface area (Å²) in [6, 6.07) is 1.27. The summed E-state index contributed by atoms with van der Waals surface area (Å²) in [5.74, 6) is 0.222. The van der Waals surface area contributed by atoms with Gasteiger partial charge in [0.25, 0.3) is 5.89 Å². The molecule has 1 spiro atoms. The number of pyridine rings is 1. The number of rotatable bonds is 4. The van der Waals surface area contributed by atoms with Gasteiger partial charge in [-0.15, -0.1) is 5.10 Å². The smallest absolute Gasteiger partial charge is 0.316 e. The third kappa shape index (κ3) is 3.33. The largest absolute Gasteiger partial charge is 0.402 e. The molecule has 0 unspecified atom stereocenters. The minimum Gasteiger partial charge on any atom is -0.402 e. The zero-order chi connectivity index (χ0) is 18.3. The summed E-state index contributed by atoms with van der Waals surface area (Å²) in [6.07, 6.45) is 6.31. The van der Waals surface area contributed by atoms with E-state index in [1.165, 1.54) is 19.0 Å². The van der Waals surface area contributed by atoms with Gasteiger partial charge >= 0.3 is 6.01 Å². The van der Waals surface area contributed by atoms with Gasteiger partial charge in [-0.3, -0.25) is 4.79 Å². The Morgan fingerprint density at radius 3 is 2.73 bits per heavy atom. The highest BCUT2D eigenvalue weighted by molar-refractivity contribution is 6.30. The number of hydrogen-bond acceptors (Lipinski definition) is 7. The van der Waals surface area contributed by atoms with E-state index in [1.54, 1.807) is 13.0 Å². The average molecular weight is 377 g/mol.